The van der Waals surface area contributed by atoms with E-state index in [0.29, 0.717) is 0 Å². The van der Waals surface area contributed by atoms with Crippen LogP contribution in [0, 0.1) is 22.7 Å². The fourth-order valence-corrected chi connectivity index (χ4v) is 1.55. The van der Waals surface area contributed by atoms with Crippen LogP contribution in [0.3, 0.4) is 0 Å². The Bertz CT molecular complexity index is 256. The topological polar surface area (TPSA) is 52.9 Å². The average Bonchev–Trinajstić information content (AvgIpc) is 2.79. The highest BCUT2D eigenvalue weighted by Gasteiger charge is 2.52. The second-order valence-electron chi connectivity index (χ2n) is 4.12. The van der Waals surface area contributed by atoms with Gasteiger partial charge in [-0.15, -0.1) is 0 Å². The molecule has 0 aliphatic heterocycles. The predicted molar refractivity (Wildman–Crippen MR) is 49.7 cm³/mol. The van der Waals surface area contributed by atoms with Gasteiger partial charge >= 0.3 is 0 Å². The summed E-state index contributed by atoms with van der Waals surface area (Å²) in [6.45, 7) is 5.92. The molecule has 0 radical (unpaired) electrons. The van der Waals surface area contributed by atoms with E-state index in [9.17, 15) is 4.79 Å². The molecule has 3 unspecified atom stereocenters. The lowest BCUT2D eigenvalue weighted by atomic mass is 10.0. The summed E-state index contributed by atoms with van der Waals surface area (Å²) in [5.41, 5.74) is 0.194. The number of nitrogens with zero attached hydrogens (tertiary/aromatic N) is 1. The number of amides is 1. The lowest BCUT2D eigenvalue weighted by Crippen LogP contribution is -2.33. The summed E-state index contributed by atoms with van der Waals surface area (Å²) < 4.78 is 0. The van der Waals surface area contributed by atoms with Crippen molar-refractivity contribution < 1.29 is 4.79 Å². The van der Waals surface area contributed by atoms with Gasteiger partial charge < -0.3 is 5.32 Å². The average molecular weight is 180 g/mol. The van der Waals surface area contributed by atoms with E-state index in [4.69, 9.17) is 5.26 Å². The van der Waals surface area contributed by atoms with Crippen molar-refractivity contribution in [1.82, 2.24) is 5.32 Å². The smallest absolute Gasteiger partial charge is 0.224 e. The van der Waals surface area contributed by atoms with Crippen molar-refractivity contribution >= 4 is 5.91 Å². The third-order valence-corrected chi connectivity index (χ3v) is 3.03. The Labute approximate surface area is 79.1 Å². The van der Waals surface area contributed by atoms with Crippen LogP contribution in [0.2, 0.25) is 0 Å². The number of carbonyl (C=O) groups excluding carboxylic acids is 1. The van der Waals surface area contributed by atoms with Crippen LogP contribution in [0.5, 0.6) is 0 Å². The van der Waals surface area contributed by atoms with Crippen molar-refractivity contribution in [2.75, 3.05) is 0 Å². The van der Waals surface area contributed by atoms with Gasteiger partial charge in [0.15, 0.2) is 0 Å². The first-order chi connectivity index (χ1) is 6.03. The number of carbonyl (C=O) groups is 1. The van der Waals surface area contributed by atoms with E-state index in [2.05, 4.69) is 19.2 Å². The Morgan fingerprint density at radius 1 is 1.85 bits per heavy atom. The Morgan fingerprint density at radius 2 is 2.46 bits per heavy atom. The van der Waals surface area contributed by atoms with E-state index in [1.54, 1.807) is 6.92 Å². The molecule has 1 fully saturated rings. The molecular formula is C10H16N2O. The van der Waals surface area contributed by atoms with Crippen LogP contribution in [0.15, 0.2) is 0 Å². The molecule has 72 valence electrons. The van der Waals surface area contributed by atoms with Crippen LogP contribution >= 0.6 is 0 Å². The molecule has 1 saturated carbocycles. The first kappa shape index (κ1) is 10.0. The molecule has 3 atom stereocenters. The van der Waals surface area contributed by atoms with Crippen molar-refractivity contribution in [2.45, 2.75) is 39.7 Å². The van der Waals surface area contributed by atoms with Gasteiger partial charge in [-0.2, -0.15) is 5.26 Å². The van der Waals surface area contributed by atoms with E-state index in [-0.39, 0.29) is 23.3 Å². The molecule has 1 aliphatic carbocycles. The zero-order chi connectivity index (χ0) is 10.1. The summed E-state index contributed by atoms with van der Waals surface area (Å²) in [5.74, 6) is 0.173. The highest BCUT2D eigenvalue weighted by atomic mass is 16.2. The summed E-state index contributed by atoms with van der Waals surface area (Å²) in [6.07, 6.45) is 2.00. The molecule has 13 heavy (non-hydrogen) atoms. The van der Waals surface area contributed by atoms with E-state index in [0.717, 1.165) is 12.8 Å². The molecule has 3 heteroatoms. The maximum Gasteiger partial charge on any atom is 0.224 e. The van der Waals surface area contributed by atoms with Crippen molar-refractivity contribution in [1.29, 1.82) is 5.26 Å². The van der Waals surface area contributed by atoms with Crippen LogP contribution in [-0.4, -0.2) is 11.9 Å². The SMILES string of the molecule is CCC1(C)CC1C(=O)NC(C)C#N. The Morgan fingerprint density at radius 3 is 2.85 bits per heavy atom. The quantitative estimate of drug-likeness (QED) is 0.714. The van der Waals surface area contributed by atoms with Gasteiger partial charge in [0.2, 0.25) is 5.91 Å². The second-order valence-corrected chi connectivity index (χ2v) is 4.12. The minimum absolute atomic E-state index is 0.0402. The summed E-state index contributed by atoms with van der Waals surface area (Å²) in [5, 5.41) is 11.2. The summed E-state index contributed by atoms with van der Waals surface area (Å²) in [4.78, 5) is 11.5. The van der Waals surface area contributed by atoms with Gasteiger partial charge in [-0.1, -0.05) is 13.8 Å². The molecule has 0 heterocycles. The molecule has 1 aliphatic rings. The van der Waals surface area contributed by atoms with Gasteiger partial charge in [0, 0.05) is 5.92 Å². The standard InChI is InChI=1S/C10H16N2O/c1-4-10(3)5-8(10)9(13)12-7(2)6-11/h7-8H,4-5H2,1-3H3,(H,12,13). The third-order valence-electron chi connectivity index (χ3n) is 3.03. The first-order valence-electron chi connectivity index (χ1n) is 4.73. The first-order valence-corrected chi connectivity index (χ1v) is 4.73. The van der Waals surface area contributed by atoms with Crippen LogP contribution < -0.4 is 5.32 Å². The second kappa shape index (κ2) is 3.37. The minimum atomic E-state index is -0.366. The highest BCUT2D eigenvalue weighted by Crippen LogP contribution is 2.54. The van der Waals surface area contributed by atoms with E-state index in [1.807, 2.05) is 6.07 Å². The predicted octanol–water partition coefficient (Wildman–Crippen LogP) is 1.45. The normalized spacial score (nSPS) is 33.2. The lowest BCUT2D eigenvalue weighted by Gasteiger charge is -2.09. The maximum atomic E-state index is 11.5. The van der Waals surface area contributed by atoms with Crippen molar-refractivity contribution in [2.24, 2.45) is 11.3 Å². The van der Waals surface area contributed by atoms with Gasteiger partial charge in [0.05, 0.1) is 6.07 Å². The molecule has 3 nitrogen and oxygen atoms in total. The van der Waals surface area contributed by atoms with Crippen molar-refractivity contribution in [3.8, 4) is 6.07 Å². The number of rotatable bonds is 3. The monoisotopic (exact) mass is 180 g/mol. The van der Waals surface area contributed by atoms with Gasteiger partial charge in [-0.3, -0.25) is 4.79 Å². The van der Waals surface area contributed by atoms with E-state index >= 15 is 0 Å². The van der Waals surface area contributed by atoms with Gasteiger partial charge in [-0.05, 0) is 25.2 Å². The maximum absolute atomic E-state index is 11.5. The van der Waals surface area contributed by atoms with Crippen LogP contribution in [0.25, 0.3) is 0 Å². The zero-order valence-electron chi connectivity index (χ0n) is 8.42. The molecular weight excluding hydrogens is 164 g/mol. The molecule has 1 amide bonds. The largest absolute Gasteiger partial charge is 0.340 e. The van der Waals surface area contributed by atoms with Crippen LogP contribution in [-0.2, 0) is 4.79 Å². The van der Waals surface area contributed by atoms with Crippen molar-refractivity contribution in [3.05, 3.63) is 0 Å². The Balaban J connectivity index is 2.41. The summed E-state index contributed by atoms with van der Waals surface area (Å²) >= 11 is 0. The lowest BCUT2D eigenvalue weighted by molar-refractivity contribution is -0.123. The minimum Gasteiger partial charge on any atom is -0.340 e. The number of nitrogens with one attached hydrogen (secondary N) is 1. The molecule has 0 saturated heterocycles. The number of hydrogen-bond donors (Lipinski definition) is 1. The molecule has 0 aromatic rings. The third kappa shape index (κ3) is 2.00. The molecule has 0 aromatic carbocycles. The van der Waals surface area contributed by atoms with Gasteiger partial charge in [-0.25, -0.2) is 0 Å². The van der Waals surface area contributed by atoms with Gasteiger partial charge in [0.25, 0.3) is 0 Å². The zero-order valence-corrected chi connectivity index (χ0v) is 8.42. The molecule has 0 spiro atoms. The molecule has 1 rings (SSSR count). The molecule has 0 bridgehead atoms. The Hall–Kier alpha value is -1.04. The summed E-state index contributed by atoms with van der Waals surface area (Å²) in [6, 6.07) is 1.63. The number of nitriles is 1. The van der Waals surface area contributed by atoms with Crippen molar-refractivity contribution in [3.63, 3.8) is 0 Å². The molecule has 0 aromatic heterocycles. The van der Waals surface area contributed by atoms with Crippen LogP contribution in [0.4, 0.5) is 0 Å². The van der Waals surface area contributed by atoms with Crippen LogP contribution in [0.1, 0.15) is 33.6 Å². The number of hydrogen-bond acceptors (Lipinski definition) is 2. The summed E-state index contributed by atoms with van der Waals surface area (Å²) in [7, 11) is 0. The Kier molecular flexibility index (Phi) is 2.60. The van der Waals surface area contributed by atoms with E-state index < -0.39 is 0 Å². The fourth-order valence-electron chi connectivity index (χ4n) is 1.55. The highest BCUT2D eigenvalue weighted by molar-refractivity contribution is 5.82. The van der Waals surface area contributed by atoms with Gasteiger partial charge in [0.1, 0.15) is 6.04 Å². The fraction of sp³-hybridized carbons (Fsp3) is 0.800. The van der Waals surface area contributed by atoms with E-state index in [1.165, 1.54) is 0 Å². The molecule has 1 N–H and O–H groups in total.